The Hall–Kier alpha value is -1.85. The summed E-state index contributed by atoms with van der Waals surface area (Å²) in [5, 5.41) is 11.5. The predicted octanol–water partition coefficient (Wildman–Crippen LogP) is 3.26. The van der Waals surface area contributed by atoms with Gasteiger partial charge in [0.2, 0.25) is 0 Å². The van der Waals surface area contributed by atoms with E-state index in [0.29, 0.717) is 18.8 Å². The first-order valence-electron chi connectivity index (χ1n) is 6.08. The topological polar surface area (TPSA) is 67.8 Å². The van der Waals surface area contributed by atoms with Gasteiger partial charge in [-0.3, -0.25) is 0 Å². The Bertz CT molecular complexity index is 597. The van der Waals surface area contributed by atoms with Gasteiger partial charge in [-0.15, -0.1) is 0 Å². The minimum Gasteiger partial charge on any atom is -0.409 e. The van der Waals surface area contributed by atoms with Gasteiger partial charge in [0.15, 0.2) is 5.84 Å². The summed E-state index contributed by atoms with van der Waals surface area (Å²) in [5.41, 5.74) is 8.34. The minimum absolute atomic E-state index is 0.103. The van der Waals surface area contributed by atoms with Crippen molar-refractivity contribution < 1.29 is 9.94 Å². The van der Waals surface area contributed by atoms with E-state index in [1.807, 2.05) is 36.4 Å². The van der Waals surface area contributed by atoms with E-state index >= 15 is 0 Å². The average molecular weight is 335 g/mol. The number of hydrogen-bond donors (Lipinski definition) is 2. The van der Waals surface area contributed by atoms with Crippen molar-refractivity contribution in [3.8, 4) is 0 Å². The highest BCUT2D eigenvalue weighted by Crippen LogP contribution is 2.13. The van der Waals surface area contributed by atoms with Crippen molar-refractivity contribution >= 4 is 21.8 Å². The number of nitrogens with zero attached hydrogens (tertiary/aromatic N) is 1. The summed E-state index contributed by atoms with van der Waals surface area (Å²) in [6.45, 7) is 1.07. The van der Waals surface area contributed by atoms with Gasteiger partial charge >= 0.3 is 0 Å². The minimum atomic E-state index is 0.103. The molecule has 4 nitrogen and oxygen atoms in total. The lowest BCUT2D eigenvalue weighted by molar-refractivity contribution is 0.107. The van der Waals surface area contributed by atoms with Crippen LogP contribution in [0.15, 0.2) is 58.2 Å². The van der Waals surface area contributed by atoms with Crippen molar-refractivity contribution in [1.29, 1.82) is 0 Å². The van der Waals surface area contributed by atoms with E-state index < -0.39 is 0 Å². The molecule has 20 heavy (non-hydrogen) atoms. The molecule has 2 aromatic rings. The third kappa shape index (κ3) is 4.08. The largest absolute Gasteiger partial charge is 0.409 e. The Kier molecular flexibility index (Phi) is 5.15. The molecule has 0 atom stereocenters. The number of amidine groups is 1. The third-order valence-corrected chi connectivity index (χ3v) is 3.28. The summed E-state index contributed by atoms with van der Waals surface area (Å²) in [7, 11) is 0. The third-order valence-electron chi connectivity index (χ3n) is 2.78. The van der Waals surface area contributed by atoms with Crippen LogP contribution < -0.4 is 5.73 Å². The van der Waals surface area contributed by atoms with Crippen LogP contribution in [0, 0.1) is 0 Å². The lowest BCUT2D eigenvalue weighted by Gasteiger charge is -2.06. The summed E-state index contributed by atoms with van der Waals surface area (Å²) in [5.74, 6) is 0.103. The van der Waals surface area contributed by atoms with Crippen LogP contribution in [-0.4, -0.2) is 11.0 Å². The molecule has 0 aliphatic carbocycles. The lowest BCUT2D eigenvalue weighted by atomic mass is 10.1. The summed E-state index contributed by atoms with van der Waals surface area (Å²) < 4.78 is 6.70. The SMILES string of the molecule is N/C(=N/O)c1ccc(COCc2cccc(Br)c2)cc1. The van der Waals surface area contributed by atoms with Crippen molar-refractivity contribution in [3.05, 3.63) is 69.7 Å². The fraction of sp³-hybridized carbons (Fsp3) is 0.133. The zero-order chi connectivity index (χ0) is 14.4. The molecule has 0 aromatic heterocycles. The molecular formula is C15H15BrN2O2. The number of rotatable bonds is 5. The molecular weight excluding hydrogens is 320 g/mol. The van der Waals surface area contributed by atoms with E-state index in [1.165, 1.54) is 0 Å². The first-order chi connectivity index (χ1) is 9.69. The summed E-state index contributed by atoms with van der Waals surface area (Å²) >= 11 is 3.43. The number of hydrogen-bond acceptors (Lipinski definition) is 3. The Morgan fingerprint density at radius 2 is 1.80 bits per heavy atom. The van der Waals surface area contributed by atoms with Crippen molar-refractivity contribution in [2.45, 2.75) is 13.2 Å². The highest BCUT2D eigenvalue weighted by molar-refractivity contribution is 9.10. The number of ether oxygens (including phenoxy) is 1. The number of benzene rings is 2. The first-order valence-corrected chi connectivity index (χ1v) is 6.87. The van der Waals surface area contributed by atoms with Crippen molar-refractivity contribution in [1.82, 2.24) is 0 Å². The molecule has 0 bridgehead atoms. The second-order valence-corrected chi connectivity index (χ2v) is 5.22. The number of nitrogens with two attached hydrogens (primary N) is 1. The second-order valence-electron chi connectivity index (χ2n) is 4.30. The molecule has 104 valence electrons. The van der Waals surface area contributed by atoms with Gasteiger partial charge in [0.25, 0.3) is 0 Å². The van der Waals surface area contributed by atoms with E-state index in [-0.39, 0.29) is 5.84 Å². The van der Waals surface area contributed by atoms with E-state index in [0.717, 1.165) is 15.6 Å². The molecule has 0 saturated heterocycles. The van der Waals surface area contributed by atoms with Gasteiger partial charge < -0.3 is 15.7 Å². The lowest BCUT2D eigenvalue weighted by Crippen LogP contribution is -2.12. The van der Waals surface area contributed by atoms with Crippen LogP contribution in [0.4, 0.5) is 0 Å². The van der Waals surface area contributed by atoms with Gasteiger partial charge in [-0.1, -0.05) is 57.5 Å². The maximum Gasteiger partial charge on any atom is 0.170 e. The average Bonchev–Trinajstić information content (AvgIpc) is 2.47. The Morgan fingerprint density at radius 3 is 2.45 bits per heavy atom. The molecule has 0 unspecified atom stereocenters. The van der Waals surface area contributed by atoms with Gasteiger partial charge in [0.05, 0.1) is 13.2 Å². The molecule has 5 heteroatoms. The van der Waals surface area contributed by atoms with Crippen molar-refractivity contribution in [3.63, 3.8) is 0 Å². The summed E-state index contributed by atoms with van der Waals surface area (Å²) in [6.07, 6.45) is 0. The molecule has 0 aliphatic heterocycles. The van der Waals surface area contributed by atoms with E-state index in [9.17, 15) is 0 Å². The standard InChI is InChI=1S/C15H15BrN2O2/c16-14-3-1-2-12(8-14)10-20-9-11-4-6-13(7-5-11)15(17)18-19/h1-8,19H,9-10H2,(H2,17,18). The molecule has 0 saturated carbocycles. The van der Waals surface area contributed by atoms with Crippen molar-refractivity contribution in [2.24, 2.45) is 10.9 Å². The predicted molar refractivity (Wildman–Crippen MR) is 81.6 cm³/mol. The fourth-order valence-corrected chi connectivity index (χ4v) is 2.19. The monoisotopic (exact) mass is 334 g/mol. The van der Waals surface area contributed by atoms with Crippen LogP contribution in [0.1, 0.15) is 16.7 Å². The molecule has 0 heterocycles. The quantitative estimate of drug-likeness (QED) is 0.381. The van der Waals surface area contributed by atoms with E-state index in [4.69, 9.17) is 15.7 Å². The fourth-order valence-electron chi connectivity index (χ4n) is 1.74. The van der Waals surface area contributed by atoms with Gasteiger partial charge in [-0.2, -0.15) is 0 Å². The highest BCUT2D eigenvalue weighted by Gasteiger charge is 2.00. The van der Waals surface area contributed by atoms with E-state index in [2.05, 4.69) is 21.1 Å². The first kappa shape index (κ1) is 14.6. The molecule has 2 rings (SSSR count). The van der Waals surface area contributed by atoms with Gasteiger partial charge in [0.1, 0.15) is 0 Å². The summed E-state index contributed by atoms with van der Waals surface area (Å²) in [4.78, 5) is 0. The number of halogens is 1. The second kappa shape index (κ2) is 7.07. The van der Waals surface area contributed by atoms with Crippen LogP contribution in [0.5, 0.6) is 0 Å². The Balaban J connectivity index is 1.88. The van der Waals surface area contributed by atoms with Crippen LogP contribution in [0.25, 0.3) is 0 Å². The molecule has 2 aromatic carbocycles. The zero-order valence-electron chi connectivity index (χ0n) is 10.8. The molecule has 0 radical (unpaired) electrons. The van der Waals surface area contributed by atoms with Gasteiger partial charge in [-0.25, -0.2) is 0 Å². The van der Waals surface area contributed by atoms with Crippen LogP contribution in [-0.2, 0) is 18.0 Å². The Morgan fingerprint density at radius 1 is 1.10 bits per heavy atom. The van der Waals surface area contributed by atoms with Gasteiger partial charge in [0, 0.05) is 10.0 Å². The molecule has 3 N–H and O–H groups in total. The number of oxime groups is 1. The molecule has 0 amide bonds. The van der Waals surface area contributed by atoms with Crippen LogP contribution in [0.2, 0.25) is 0 Å². The zero-order valence-corrected chi connectivity index (χ0v) is 12.4. The highest BCUT2D eigenvalue weighted by atomic mass is 79.9. The summed E-state index contributed by atoms with van der Waals surface area (Å²) in [6, 6.07) is 15.4. The molecule has 0 spiro atoms. The van der Waals surface area contributed by atoms with E-state index in [1.54, 1.807) is 12.1 Å². The maximum absolute atomic E-state index is 8.58. The maximum atomic E-state index is 8.58. The Labute approximate surface area is 126 Å². The van der Waals surface area contributed by atoms with Crippen LogP contribution >= 0.6 is 15.9 Å². The molecule has 0 fully saturated rings. The smallest absolute Gasteiger partial charge is 0.170 e. The van der Waals surface area contributed by atoms with Crippen molar-refractivity contribution in [2.75, 3.05) is 0 Å². The van der Waals surface area contributed by atoms with Crippen LogP contribution in [0.3, 0.4) is 0 Å². The molecule has 0 aliphatic rings. The van der Waals surface area contributed by atoms with Gasteiger partial charge in [-0.05, 0) is 23.3 Å². The normalized spacial score (nSPS) is 11.6.